The zero-order valence-electron chi connectivity index (χ0n) is 12.5. The molecule has 1 heterocycles. The molecule has 22 heavy (non-hydrogen) atoms. The zero-order chi connectivity index (χ0) is 15.7. The summed E-state index contributed by atoms with van der Waals surface area (Å²) < 4.78 is 11.6. The molecule has 2 aromatic carbocycles. The molecular formula is C18H18O4. The van der Waals surface area contributed by atoms with Crippen molar-refractivity contribution in [1.82, 2.24) is 0 Å². The Hall–Kier alpha value is -2.46. The third-order valence-electron chi connectivity index (χ3n) is 3.40. The maximum atomic E-state index is 9.86. The standard InChI is InChI=1S/C18H18O4/c1-11(2)21-10-14-8-16(20)7-13-9-17(22-18(13)14)12-3-5-15(19)6-4-12/h3-9,11,19-20H,10H2,1-2H3. The van der Waals surface area contributed by atoms with E-state index in [1.165, 1.54) is 0 Å². The Kier molecular flexibility index (Phi) is 3.77. The predicted octanol–water partition coefficient (Wildman–Crippen LogP) is 4.44. The first-order chi connectivity index (χ1) is 10.5. The highest BCUT2D eigenvalue weighted by atomic mass is 16.5. The molecule has 3 rings (SSSR count). The number of phenolic OH excluding ortho intramolecular Hbond substituents is 2. The fourth-order valence-corrected chi connectivity index (χ4v) is 2.34. The van der Waals surface area contributed by atoms with Crippen LogP contribution < -0.4 is 0 Å². The molecule has 0 bridgehead atoms. The number of furan rings is 1. The molecule has 3 aromatic rings. The number of phenols is 2. The van der Waals surface area contributed by atoms with Gasteiger partial charge in [0.25, 0.3) is 0 Å². The van der Waals surface area contributed by atoms with E-state index < -0.39 is 0 Å². The van der Waals surface area contributed by atoms with Gasteiger partial charge in [0.15, 0.2) is 0 Å². The van der Waals surface area contributed by atoms with Crippen molar-refractivity contribution in [1.29, 1.82) is 0 Å². The van der Waals surface area contributed by atoms with Gasteiger partial charge in [-0.3, -0.25) is 0 Å². The van der Waals surface area contributed by atoms with Crippen molar-refractivity contribution >= 4 is 11.0 Å². The second-order valence-corrected chi connectivity index (χ2v) is 5.54. The van der Waals surface area contributed by atoms with Gasteiger partial charge >= 0.3 is 0 Å². The van der Waals surface area contributed by atoms with Crippen LogP contribution in [0.15, 0.2) is 46.9 Å². The summed E-state index contributed by atoms with van der Waals surface area (Å²) in [5.74, 6) is 1.09. The fourth-order valence-electron chi connectivity index (χ4n) is 2.34. The number of ether oxygens (including phenoxy) is 1. The minimum absolute atomic E-state index is 0.101. The number of hydrogen-bond acceptors (Lipinski definition) is 4. The lowest BCUT2D eigenvalue weighted by molar-refractivity contribution is 0.0659. The second kappa shape index (κ2) is 5.73. The molecule has 0 radical (unpaired) electrons. The molecule has 4 nitrogen and oxygen atoms in total. The van der Waals surface area contributed by atoms with E-state index >= 15 is 0 Å². The van der Waals surface area contributed by atoms with E-state index in [1.807, 2.05) is 19.9 Å². The number of rotatable bonds is 4. The summed E-state index contributed by atoms with van der Waals surface area (Å²) in [5, 5.41) is 20.1. The zero-order valence-corrected chi connectivity index (χ0v) is 12.5. The van der Waals surface area contributed by atoms with E-state index in [0.29, 0.717) is 18.0 Å². The summed E-state index contributed by atoms with van der Waals surface area (Å²) in [7, 11) is 0. The Bertz CT molecular complexity index is 785. The Labute approximate surface area is 128 Å². The summed E-state index contributed by atoms with van der Waals surface area (Å²) in [4.78, 5) is 0. The van der Waals surface area contributed by atoms with Gasteiger partial charge in [-0.2, -0.15) is 0 Å². The highest BCUT2D eigenvalue weighted by Crippen LogP contribution is 2.33. The molecule has 0 aliphatic heterocycles. The van der Waals surface area contributed by atoms with Gasteiger partial charge in [-0.05, 0) is 56.3 Å². The van der Waals surface area contributed by atoms with E-state index in [9.17, 15) is 10.2 Å². The van der Waals surface area contributed by atoms with E-state index in [4.69, 9.17) is 9.15 Å². The third-order valence-corrected chi connectivity index (χ3v) is 3.40. The fraction of sp³-hybridized carbons (Fsp3) is 0.222. The molecular weight excluding hydrogens is 280 g/mol. The quantitative estimate of drug-likeness (QED) is 0.747. The van der Waals surface area contributed by atoms with Crippen LogP contribution in [-0.4, -0.2) is 16.3 Å². The molecule has 0 amide bonds. The highest BCUT2D eigenvalue weighted by molar-refractivity contribution is 5.86. The highest BCUT2D eigenvalue weighted by Gasteiger charge is 2.12. The normalized spacial score (nSPS) is 11.4. The van der Waals surface area contributed by atoms with Crippen LogP contribution in [0, 0.1) is 0 Å². The van der Waals surface area contributed by atoms with Crippen LogP contribution in [-0.2, 0) is 11.3 Å². The summed E-state index contributed by atoms with van der Waals surface area (Å²) in [6, 6.07) is 12.0. The van der Waals surface area contributed by atoms with Crippen molar-refractivity contribution in [2.24, 2.45) is 0 Å². The molecule has 4 heteroatoms. The van der Waals surface area contributed by atoms with Crippen LogP contribution in [0.25, 0.3) is 22.3 Å². The number of aromatic hydroxyl groups is 2. The minimum Gasteiger partial charge on any atom is -0.508 e. The first-order valence-corrected chi connectivity index (χ1v) is 7.19. The number of hydrogen-bond donors (Lipinski definition) is 2. The Morgan fingerprint density at radius 1 is 1.00 bits per heavy atom. The molecule has 0 unspecified atom stereocenters. The smallest absolute Gasteiger partial charge is 0.140 e. The van der Waals surface area contributed by atoms with Gasteiger partial charge in [0.1, 0.15) is 22.8 Å². The lowest BCUT2D eigenvalue weighted by atomic mass is 10.1. The molecule has 0 atom stereocenters. The van der Waals surface area contributed by atoms with Crippen LogP contribution in [0.1, 0.15) is 19.4 Å². The molecule has 0 saturated carbocycles. The maximum Gasteiger partial charge on any atom is 0.140 e. The monoisotopic (exact) mass is 298 g/mol. The Morgan fingerprint density at radius 2 is 1.73 bits per heavy atom. The van der Waals surface area contributed by atoms with Gasteiger partial charge in [0.05, 0.1) is 12.7 Å². The van der Waals surface area contributed by atoms with Gasteiger partial charge in [-0.25, -0.2) is 0 Å². The first-order valence-electron chi connectivity index (χ1n) is 7.19. The molecule has 114 valence electrons. The number of benzene rings is 2. The van der Waals surface area contributed by atoms with Crippen molar-refractivity contribution in [2.75, 3.05) is 0 Å². The predicted molar refractivity (Wildman–Crippen MR) is 84.9 cm³/mol. The lowest BCUT2D eigenvalue weighted by Gasteiger charge is -2.08. The molecule has 0 spiro atoms. The van der Waals surface area contributed by atoms with Gasteiger partial charge in [-0.15, -0.1) is 0 Å². The largest absolute Gasteiger partial charge is 0.508 e. The van der Waals surface area contributed by atoms with Crippen LogP contribution in [0.3, 0.4) is 0 Å². The van der Waals surface area contributed by atoms with Crippen molar-refractivity contribution in [2.45, 2.75) is 26.6 Å². The van der Waals surface area contributed by atoms with Crippen LogP contribution in [0.5, 0.6) is 11.5 Å². The molecule has 0 fully saturated rings. The van der Waals surface area contributed by atoms with Gasteiger partial charge in [-0.1, -0.05) is 0 Å². The number of fused-ring (bicyclic) bond motifs is 1. The van der Waals surface area contributed by atoms with Crippen molar-refractivity contribution in [3.63, 3.8) is 0 Å². The Morgan fingerprint density at radius 3 is 2.41 bits per heavy atom. The van der Waals surface area contributed by atoms with Crippen LogP contribution >= 0.6 is 0 Å². The molecule has 1 aromatic heterocycles. The first kappa shape index (κ1) is 14.5. The SMILES string of the molecule is CC(C)OCc1cc(O)cc2cc(-c3ccc(O)cc3)oc12. The van der Waals surface area contributed by atoms with Crippen LogP contribution in [0.4, 0.5) is 0 Å². The lowest BCUT2D eigenvalue weighted by Crippen LogP contribution is -2.02. The van der Waals surface area contributed by atoms with E-state index in [2.05, 4.69) is 0 Å². The average molecular weight is 298 g/mol. The Balaban J connectivity index is 2.04. The molecule has 0 aliphatic carbocycles. The molecule has 0 aliphatic rings. The van der Waals surface area contributed by atoms with Crippen molar-refractivity contribution in [3.05, 3.63) is 48.0 Å². The second-order valence-electron chi connectivity index (χ2n) is 5.54. The van der Waals surface area contributed by atoms with E-state index in [-0.39, 0.29) is 17.6 Å². The summed E-state index contributed by atoms with van der Waals surface area (Å²) >= 11 is 0. The molecule has 2 N–H and O–H groups in total. The molecule has 0 saturated heterocycles. The van der Waals surface area contributed by atoms with Crippen LogP contribution in [0.2, 0.25) is 0 Å². The van der Waals surface area contributed by atoms with Gasteiger partial charge in [0, 0.05) is 16.5 Å². The topological polar surface area (TPSA) is 62.8 Å². The van der Waals surface area contributed by atoms with Gasteiger partial charge in [0.2, 0.25) is 0 Å². The minimum atomic E-state index is 0.101. The maximum absolute atomic E-state index is 9.86. The average Bonchev–Trinajstić information content (AvgIpc) is 2.89. The summed E-state index contributed by atoms with van der Waals surface area (Å²) in [6.07, 6.45) is 0.101. The van der Waals surface area contributed by atoms with E-state index in [0.717, 1.165) is 16.5 Å². The van der Waals surface area contributed by atoms with Crippen molar-refractivity contribution in [3.8, 4) is 22.8 Å². The van der Waals surface area contributed by atoms with E-state index in [1.54, 1.807) is 36.4 Å². The summed E-state index contributed by atoms with van der Waals surface area (Å²) in [6.45, 7) is 4.30. The van der Waals surface area contributed by atoms with Crippen molar-refractivity contribution < 1.29 is 19.4 Å². The summed E-state index contributed by atoms with van der Waals surface area (Å²) in [5.41, 5.74) is 2.39. The third kappa shape index (κ3) is 2.92. The van der Waals surface area contributed by atoms with Gasteiger partial charge < -0.3 is 19.4 Å².